The average Bonchev–Trinajstić information content (AvgIpc) is 2.84. The first-order valence-electron chi connectivity index (χ1n) is 7.56. The first-order valence-corrected chi connectivity index (χ1v) is 7.94. The fourth-order valence-electron chi connectivity index (χ4n) is 2.65. The minimum Gasteiger partial charge on any atom is -0.493 e. The van der Waals surface area contributed by atoms with Crippen LogP contribution in [0.5, 0.6) is 5.75 Å². The van der Waals surface area contributed by atoms with E-state index in [0.29, 0.717) is 18.2 Å². The molecule has 6 nitrogen and oxygen atoms in total. The number of carbonyl (C=O) groups is 1. The van der Waals surface area contributed by atoms with Crippen molar-refractivity contribution in [3.8, 4) is 5.75 Å². The molecule has 23 heavy (non-hydrogen) atoms. The molecule has 1 aromatic carbocycles. The number of nitrogens with one attached hydrogen (secondary N) is 2. The summed E-state index contributed by atoms with van der Waals surface area (Å²) in [4.78, 5) is 12.2. The number of aryl methyl sites for hydroxylation is 1. The molecular weight excluding hydrogens is 316 g/mol. The number of nitrogens with zero attached hydrogens (tertiary/aromatic N) is 2. The number of amides is 2. The minimum absolute atomic E-state index is 0.0846. The Hall–Kier alpha value is -2.21. The topological polar surface area (TPSA) is 68.2 Å². The third-order valence-corrected chi connectivity index (χ3v) is 4.00. The monoisotopic (exact) mass is 334 g/mol. The Bertz CT molecular complexity index is 701. The highest BCUT2D eigenvalue weighted by atomic mass is 35.5. The van der Waals surface area contributed by atoms with Gasteiger partial charge < -0.3 is 15.4 Å². The lowest BCUT2D eigenvalue weighted by molar-refractivity contribution is 0.236. The van der Waals surface area contributed by atoms with E-state index in [2.05, 4.69) is 15.7 Å². The van der Waals surface area contributed by atoms with Crippen LogP contribution in [0.25, 0.3) is 0 Å². The van der Waals surface area contributed by atoms with E-state index in [-0.39, 0.29) is 12.1 Å². The van der Waals surface area contributed by atoms with Crippen molar-refractivity contribution in [2.75, 3.05) is 6.61 Å². The molecule has 0 fully saturated rings. The van der Waals surface area contributed by atoms with Gasteiger partial charge in [-0.3, -0.25) is 4.68 Å². The Balaban J connectivity index is 1.64. The summed E-state index contributed by atoms with van der Waals surface area (Å²) in [6.07, 6.45) is 5.31. The number of ether oxygens (including phenoxy) is 1. The number of halogens is 1. The number of rotatable bonds is 3. The summed E-state index contributed by atoms with van der Waals surface area (Å²) < 4.78 is 7.41. The molecule has 0 saturated heterocycles. The second-order valence-corrected chi connectivity index (χ2v) is 6.01. The van der Waals surface area contributed by atoms with Gasteiger partial charge in [0.2, 0.25) is 0 Å². The van der Waals surface area contributed by atoms with Crippen LogP contribution in [0.2, 0.25) is 5.02 Å². The van der Waals surface area contributed by atoms with Crippen LogP contribution >= 0.6 is 11.6 Å². The van der Waals surface area contributed by atoms with E-state index < -0.39 is 0 Å². The molecule has 0 bridgehead atoms. The summed E-state index contributed by atoms with van der Waals surface area (Å²) in [6, 6.07) is 5.23. The molecule has 2 heterocycles. The Morgan fingerprint density at radius 2 is 2.39 bits per heavy atom. The van der Waals surface area contributed by atoms with Gasteiger partial charge >= 0.3 is 6.03 Å². The van der Waals surface area contributed by atoms with Crippen LogP contribution in [0, 0.1) is 0 Å². The SMILES string of the molecule is Cn1cc(CNC(=O)NC2CCCOc3cc(Cl)ccc32)cn1. The van der Waals surface area contributed by atoms with Gasteiger partial charge in [-0.2, -0.15) is 5.10 Å². The normalized spacial score (nSPS) is 16.9. The molecule has 0 radical (unpaired) electrons. The van der Waals surface area contributed by atoms with Crippen LogP contribution in [-0.2, 0) is 13.6 Å². The number of urea groups is 1. The summed E-state index contributed by atoms with van der Waals surface area (Å²) in [5.41, 5.74) is 1.92. The van der Waals surface area contributed by atoms with Gasteiger partial charge in [-0.15, -0.1) is 0 Å². The van der Waals surface area contributed by atoms with Crippen molar-refractivity contribution in [1.29, 1.82) is 0 Å². The highest BCUT2D eigenvalue weighted by Gasteiger charge is 2.21. The second-order valence-electron chi connectivity index (χ2n) is 5.57. The van der Waals surface area contributed by atoms with Crippen LogP contribution in [0.4, 0.5) is 4.79 Å². The van der Waals surface area contributed by atoms with Crippen molar-refractivity contribution in [3.05, 3.63) is 46.7 Å². The maximum Gasteiger partial charge on any atom is 0.315 e. The van der Waals surface area contributed by atoms with Gasteiger partial charge in [-0.25, -0.2) is 4.79 Å². The number of fused-ring (bicyclic) bond motifs is 1. The molecule has 3 rings (SSSR count). The predicted octanol–water partition coefficient (Wildman–Crippen LogP) is 2.79. The smallest absolute Gasteiger partial charge is 0.315 e. The van der Waals surface area contributed by atoms with Crippen LogP contribution in [0.3, 0.4) is 0 Å². The number of hydrogen-bond acceptors (Lipinski definition) is 3. The van der Waals surface area contributed by atoms with Crippen molar-refractivity contribution >= 4 is 17.6 Å². The summed E-state index contributed by atoms with van der Waals surface area (Å²) in [6.45, 7) is 1.07. The molecular formula is C16H19ClN4O2. The van der Waals surface area contributed by atoms with Gasteiger partial charge in [-0.1, -0.05) is 17.7 Å². The van der Waals surface area contributed by atoms with Crippen LogP contribution in [0.15, 0.2) is 30.6 Å². The summed E-state index contributed by atoms with van der Waals surface area (Å²) in [5.74, 6) is 0.743. The molecule has 2 aromatic rings. The Morgan fingerprint density at radius 3 is 3.17 bits per heavy atom. The largest absolute Gasteiger partial charge is 0.493 e. The molecule has 1 aliphatic rings. The van der Waals surface area contributed by atoms with Crippen molar-refractivity contribution in [1.82, 2.24) is 20.4 Å². The summed E-state index contributed by atoms with van der Waals surface area (Å²) in [7, 11) is 1.84. The molecule has 0 aliphatic carbocycles. The second kappa shape index (κ2) is 6.91. The molecule has 7 heteroatoms. The number of carbonyl (C=O) groups excluding carboxylic acids is 1. The maximum absolute atomic E-state index is 12.2. The highest BCUT2D eigenvalue weighted by Crippen LogP contribution is 2.33. The third-order valence-electron chi connectivity index (χ3n) is 3.76. The average molecular weight is 335 g/mol. The first-order chi connectivity index (χ1) is 11.1. The van der Waals surface area contributed by atoms with Gasteiger partial charge in [0.15, 0.2) is 0 Å². The van der Waals surface area contributed by atoms with Gasteiger partial charge in [0, 0.05) is 35.9 Å². The van der Waals surface area contributed by atoms with E-state index in [0.717, 1.165) is 29.7 Å². The highest BCUT2D eigenvalue weighted by molar-refractivity contribution is 6.30. The lowest BCUT2D eigenvalue weighted by Gasteiger charge is -2.18. The molecule has 0 spiro atoms. The Kier molecular flexibility index (Phi) is 4.71. The van der Waals surface area contributed by atoms with Crippen LogP contribution < -0.4 is 15.4 Å². The number of aromatic nitrogens is 2. The minimum atomic E-state index is -0.207. The van der Waals surface area contributed by atoms with Gasteiger partial charge in [-0.05, 0) is 25.0 Å². The molecule has 1 aliphatic heterocycles. The van der Waals surface area contributed by atoms with E-state index >= 15 is 0 Å². The summed E-state index contributed by atoms with van der Waals surface area (Å²) in [5, 5.41) is 10.6. The quantitative estimate of drug-likeness (QED) is 0.907. The third kappa shape index (κ3) is 3.96. The van der Waals surface area contributed by atoms with Crippen LogP contribution in [-0.4, -0.2) is 22.4 Å². The lowest BCUT2D eigenvalue weighted by atomic mass is 10.0. The molecule has 1 atom stereocenters. The molecule has 122 valence electrons. The first kappa shape index (κ1) is 15.7. The van der Waals surface area contributed by atoms with Crippen LogP contribution in [0.1, 0.15) is 30.0 Å². The van der Waals surface area contributed by atoms with Crippen molar-refractivity contribution in [2.45, 2.75) is 25.4 Å². The van der Waals surface area contributed by atoms with E-state index in [1.165, 1.54) is 0 Å². The van der Waals surface area contributed by atoms with E-state index in [1.54, 1.807) is 16.9 Å². The fourth-order valence-corrected chi connectivity index (χ4v) is 2.81. The van der Waals surface area contributed by atoms with Crippen molar-refractivity contribution in [2.24, 2.45) is 7.05 Å². The number of benzene rings is 1. The standard InChI is InChI=1S/C16H19ClN4O2/c1-21-10-11(9-19-21)8-18-16(22)20-14-3-2-6-23-15-7-12(17)4-5-13(14)15/h4-5,7,9-10,14H,2-3,6,8H2,1H3,(H2,18,20,22). The van der Waals surface area contributed by atoms with E-state index in [9.17, 15) is 4.79 Å². The van der Waals surface area contributed by atoms with E-state index in [4.69, 9.17) is 16.3 Å². The zero-order chi connectivity index (χ0) is 16.2. The predicted molar refractivity (Wildman–Crippen MR) is 87.5 cm³/mol. The van der Waals surface area contributed by atoms with E-state index in [1.807, 2.05) is 25.4 Å². The zero-order valence-electron chi connectivity index (χ0n) is 12.9. The maximum atomic E-state index is 12.2. The number of hydrogen-bond donors (Lipinski definition) is 2. The van der Waals surface area contributed by atoms with Crippen molar-refractivity contribution < 1.29 is 9.53 Å². The fraction of sp³-hybridized carbons (Fsp3) is 0.375. The Morgan fingerprint density at radius 1 is 1.52 bits per heavy atom. The van der Waals surface area contributed by atoms with Gasteiger partial charge in [0.05, 0.1) is 18.8 Å². The van der Waals surface area contributed by atoms with Gasteiger partial charge in [0.25, 0.3) is 0 Å². The zero-order valence-corrected chi connectivity index (χ0v) is 13.6. The molecule has 1 unspecified atom stereocenters. The molecule has 2 N–H and O–H groups in total. The summed E-state index contributed by atoms with van der Waals surface area (Å²) >= 11 is 6.02. The van der Waals surface area contributed by atoms with Gasteiger partial charge in [0.1, 0.15) is 5.75 Å². The Labute approximate surface area is 139 Å². The molecule has 2 amide bonds. The lowest BCUT2D eigenvalue weighted by Crippen LogP contribution is -2.37. The molecule has 0 saturated carbocycles. The molecule has 1 aromatic heterocycles. The van der Waals surface area contributed by atoms with Crippen molar-refractivity contribution in [3.63, 3.8) is 0 Å².